The van der Waals surface area contributed by atoms with Gasteiger partial charge in [0.25, 0.3) is 0 Å². The maximum Gasteiger partial charge on any atom is 0.175 e. The average Bonchev–Trinajstić information content (AvgIpc) is 2.43. The van der Waals surface area contributed by atoms with E-state index in [-0.39, 0.29) is 0 Å². The molecule has 0 atom stereocenters. The molecule has 0 radical (unpaired) electrons. The minimum Gasteiger partial charge on any atom is -0.332 e. The summed E-state index contributed by atoms with van der Waals surface area (Å²) in [6.07, 6.45) is 1.02. The van der Waals surface area contributed by atoms with Gasteiger partial charge in [-0.05, 0) is 54.5 Å². The lowest BCUT2D eigenvalue weighted by molar-refractivity contribution is 1.14. The smallest absolute Gasteiger partial charge is 0.175 e. The van der Waals surface area contributed by atoms with Crippen molar-refractivity contribution < 1.29 is 0 Å². The summed E-state index contributed by atoms with van der Waals surface area (Å²) in [7, 11) is 0. The molecule has 104 valence electrons. The van der Waals surface area contributed by atoms with Gasteiger partial charge in [-0.3, -0.25) is 0 Å². The summed E-state index contributed by atoms with van der Waals surface area (Å²) >= 11 is 17.2. The van der Waals surface area contributed by atoms with Crippen LogP contribution in [-0.2, 0) is 6.42 Å². The lowest BCUT2D eigenvalue weighted by atomic mass is 10.1. The van der Waals surface area contributed by atoms with Gasteiger partial charge in [0.1, 0.15) is 0 Å². The molecule has 0 aliphatic carbocycles. The Labute approximate surface area is 134 Å². The fourth-order valence-electron chi connectivity index (χ4n) is 1.70. The van der Waals surface area contributed by atoms with Crippen LogP contribution in [0.4, 0.5) is 11.4 Å². The minimum atomic E-state index is 0.485. The van der Waals surface area contributed by atoms with E-state index >= 15 is 0 Å². The van der Waals surface area contributed by atoms with Gasteiger partial charge >= 0.3 is 0 Å². The molecule has 0 heterocycles. The summed E-state index contributed by atoms with van der Waals surface area (Å²) in [4.78, 5) is 0. The van der Waals surface area contributed by atoms with E-state index in [0.29, 0.717) is 15.2 Å². The molecule has 0 aliphatic rings. The second kappa shape index (κ2) is 6.93. The Hall–Kier alpha value is -1.29. The largest absolute Gasteiger partial charge is 0.332 e. The fraction of sp³-hybridized carbons (Fsp3) is 0.133. The number of halogens is 2. The molecule has 2 aromatic rings. The Morgan fingerprint density at radius 2 is 1.75 bits per heavy atom. The quantitative estimate of drug-likeness (QED) is 0.742. The van der Waals surface area contributed by atoms with Crippen LogP contribution in [0, 0.1) is 0 Å². The zero-order valence-electron chi connectivity index (χ0n) is 10.9. The van der Waals surface area contributed by atoms with Gasteiger partial charge in [-0.15, -0.1) is 0 Å². The summed E-state index contributed by atoms with van der Waals surface area (Å²) < 4.78 is 0. The highest BCUT2D eigenvalue weighted by Crippen LogP contribution is 2.25. The average molecular weight is 325 g/mol. The maximum absolute atomic E-state index is 6.08. The summed E-state index contributed by atoms with van der Waals surface area (Å²) in [6, 6.07) is 13.4. The Kier molecular flexibility index (Phi) is 5.24. The molecule has 2 aromatic carbocycles. The van der Waals surface area contributed by atoms with Crippen LogP contribution in [0.3, 0.4) is 0 Å². The molecule has 0 saturated carbocycles. The predicted molar refractivity (Wildman–Crippen MR) is 92.1 cm³/mol. The van der Waals surface area contributed by atoms with Crippen LogP contribution < -0.4 is 10.6 Å². The Bertz CT molecular complexity index is 612. The lowest BCUT2D eigenvalue weighted by Crippen LogP contribution is -2.19. The molecular formula is C15H14Cl2N2S. The molecule has 5 heteroatoms. The molecule has 0 unspecified atom stereocenters. The van der Waals surface area contributed by atoms with Gasteiger partial charge in [0.2, 0.25) is 0 Å². The Balaban J connectivity index is 2.01. The minimum absolute atomic E-state index is 0.485. The van der Waals surface area contributed by atoms with Gasteiger partial charge in [0, 0.05) is 10.7 Å². The van der Waals surface area contributed by atoms with Crippen LogP contribution in [0.25, 0.3) is 0 Å². The van der Waals surface area contributed by atoms with Gasteiger partial charge in [-0.1, -0.05) is 42.3 Å². The fourth-order valence-corrected chi connectivity index (χ4v) is 2.38. The van der Waals surface area contributed by atoms with Crippen LogP contribution in [-0.4, -0.2) is 5.11 Å². The van der Waals surface area contributed by atoms with Crippen LogP contribution in [0.5, 0.6) is 0 Å². The first-order chi connectivity index (χ1) is 9.58. The van der Waals surface area contributed by atoms with Crippen molar-refractivity contribution in [1.82, 2.24) is 0 Å². The third-order valence-corrected chi connectivity index (χ3v) is 3.55. The molecular weight excluding hydrogens is 311 g/mol. The van der Waals surface area contributed by atoms with E-state index in [2.05, 4.69) is 29.7 Å². The van der Waals surface area contributed by atoms with Gasteiger partial charge in [0.15, 0.2) is 5.11 Å². The molecule has 0 spiro atoms. The number of thiocarbonyl (C=S) groups is 1. The molecule has 0 bridgehead atoms. The zero-order valence-corrected chi connectivity index (χ0v) is 13.2. The lowest BCUT2D eigenvalue weighted by Gasteiger charge is -2.12. The molecule has 20 heavy (non-hydrogen) atoms. The molecule has 2 N–H and O–H groups in total. The third kappa shape index (κ3) is 4.10. The number of anilines is 2. The molecule has 0 aliphatic heterocycles. The van der Waals surface area contributed by atoms with E-state index in [1.165, 1.54) is 5.56 Å². The topological polar surface area (TPSA) is 24.1 Å². The van der Waals surface area contributed by atoms with Gasteiger partial charge in [0.05, 0.1) is 10.7 Å². The third-order valence-electron chi connectivity index (χ3n) is 2.80. The van der Waals surface area contributed by atoms with Crippen molar-refractivity contribution >= 4 is 51.9 Å². The number of rotatable bonds is 3. The van der Waals surface area contributed by atoms with Crippen LogP contribution in [0.2, 0.25) is 10.0 Å². The van der Waals surface area contributed by atoms with Crippen LogP contribution >= 0.6 is 35.4 Å². The van der Waals surface area contributed by atoms with E-state index < -0.39 is 0 Å². The molecule has 2 rings (SSSR count). The summed E-state index contributed by atoms with van der Waals surface area (Å²) in [5.41, 5.74) is 2.94. The van der Waals surface area contributed by atoms with Crippen molar-refractivity contribution in [3.8, 4) is 0 Å². The summed E-state index contributed by atoms with van der Waals surface area (Å²) in [6.45, 7) is 2.12. The van der Waals surface area contributed by atoms with E-state index in [0.717, 1.165) is 17.8 Å². The number of hydrogen-bond donors (Lipinski definition) is 2. The van der Waals surface area contributed by atoms with Crippen molar-refractivity contribution in [1.29, 1.82) is 0 Å². The summed E-state index contributed by atoms with van der Waals surface area (Å²) in [5, 5.41) is 7.76. The van der Waals surface area contributed by atoms with E-state index in [1.807, 2.05) is 12.1 Å². The number of aryl methyl sites for hydroxylation is 1. The Morgan fingerprint density at radius 3 is 2.35 bits per heavy atom. The first kappa shape index (κ1) is 15.1. The first-order valence-electron chi connectivity index (χ1n) is 6.20. The second-order valence-corrected chi connectivity index (χ2v) is 5.51. The van der Waals surface area contributed by atoms with Crippen LogP contribution in [0.1, 0.15) is 12.5 Å². The highest BCUT2D eigenvalue weighted by Gasteiger charge is 2.04. The standard InChI is InChI=1S/C15H14Cl2N2S/c1-2-10-3-6-12(7-4-10)18-15(20)19-14-8-5-11(16)9-13(14)17/h3-9H,2H2,1H3,(H2,18,19,20). The van der Waals surface area contributed by atoms with Gasteiger partial charge in [-0.2, -0.15) is 0 Å². The molecule has 0 aromatic heterocycles. The highest BCUT2D eigenvalue weighted by molar-refractivity contribution is 7.80. The predicted octanol–water partition coefficient (Wildman–Crippen LogP) is 5.36. The number of nitrogens with one attached hydrogen (secondary N) is 2. The second-order valence-electron chi connectivity index (χ2n) is 4.25. The van der Waals surface area contributed by atoms with Crippen LogP contribution in [0.15, 0.2) is 42.5 Å². The van der Waals surface area contributed by atoms with E-state index in [4.69, 9.17) is 35.4 Å². The monoisotopic (exact) mass is 324 g/mol. The Morgan fingerprint density at radius 1 is 1.05 bits per heavy atom. The number of hydrogen-bond acceptors (Lipinski definition) is 1. The van der Waals surface area contributed by atoms with Gasteiger partial charge < -0.3 is 10.6 Å². The summed E-state index contributed by atoms with van der Waals surface area (Å²) in [5.74, 6) is 0. The maximum atomic E-state index is 6.08. The molecule has 0 saturated heterocycles. The van der Waals surface area contributed by atoms with Crippen molar-refractivity contribution in [3.63, 3.8) is 0 Å². The van der Waals surface area contributed by atoms with Crippen molar-refractivity contribution in [3.05, 3.63) is 58.1 Å². The molecule has 0 amide bonds. The first-order valence-corrected chi connectivity index (χ1v) is 7.37. The van der Waals surface area contributed by atoms with E-state index in [1.54, 1.807) is 18.2 Å². The normalized spacial score (nSPS) is 10.2. The highest BCUT2D eigenvalue weighted by atomic mass is 35.5. The molecule has 2 nitrogen and oxygen atoms in total. The van der Waals surface area contributed by atoms with Crippen molar-refractivity contribution in [2.75, 3.05) is 10.6 Å². The number of benzene rings is 2. The zero-order chi connectivity index (χ0) is 14.5. The van der Waals surface area contributed by atoms with Gasteiger partial charge in [-0.25, -0.2) is 0 Å². The SMILES string of the molecule is CCc1ccc(NC(=S)Nc2ccc(Cl)cc2Cl)cc1. The van der Waals surface area contributed by atoms with Crippen molar-refractivity contribution in [2.24, 2.45) is 0 Å². The molecule has 0 fully saturated rings. The van der Waals surface area contributed by atoms with Crippen molar-refractivity contribution in [2.45, 2.75) is 13.3 Å². The van der Waals surface area contributed by atoms with E-state index in [9.17, 15) is 0 Å².